The molecular formula is C10H7BrF3N3S. The number of nitrogens with one attached hydrogen (secondary N) is 1. The van der Waals surface area contributed by atoms with Gasteiger partial charge in [0.25, 0.3) is 0 Å². The summed E-state index contributed by atoms with van der Waals surface area (Å²) in [5.41, 5.74) is -0.427. The van der Waals surface area contributed by atoms with Gasteiger partial charge in [0.2, 0.25) is 0 Å². The van der Waals surface area contributed by atoms with E-state index in [0.29, 0.717) is 16.0 Å². The Morgan fingerprint density at radius 1 is 1.39 bits per heavy atom. The van der Waals surface area contributed by atoms with E-state index in [-0.39, 0.29) is 4.77 Å². The van der Waals surface area contributed by atoms with E-state index < -0.39 is 11.7 Å². The quantitative estimate of drug-likeness (QED) is 0.797. The molecule has 0 saturated heterocycles. The van der Waals surface area contributed by atoms with Gasteiger partial charge in [0.15, 0.2) is 4.77 Å². The summed E-state index contributed by atoms with van der Waals surface area (Å²) in [6.45, 7) is 1.65. The molecule has 3 nitrogen and oxygen atoms in total. The van der Waals surface area contributed by atoms with Gasteiger partial charge in [0, 0.05) is 4.47 Å². The Morgan fingerprint density at radius 2 is 2.06 bits per heavy atom. The van der Waals surface area contributed by atoms with Crippen molar-refractivity contribution in [1.82, 2.24) is 14.8 Å². The minimum atomic E-state index is -4.39. The van der Waals surface area contributed by atoms with Gasteiger partial charge in [-0.25, -0.2) is 0 Å². The van der Waals surface area contributed by atoms with Crippen molar-refractivity contribution < 1.29 is 13.2 Å². The van der Waals surface area contributed by atoms with Gasteiger partial charge >= 0.3 is 6.18 Å². The summed E-state index contributed by atoms with van der Waals surface area (Å²) in [6, 6.07) is 3.38. The van der Waals surface area contributed by atoms with Crippen LogP contribution in [0.5, 0.6) is 0 Å². The van der Waals surface area contributed by atoms with Crippen molar-refractivity contribution in [2.75, 3.05) is 0 Å². The summed E-state index contributed by atoms with van der Waals surface area (Å²) < 4.78 is 40.2. The van der Waals surface area contributed by atoms with Gasteiger partial charge in [-0.3, -0.25) is 9.67 Å². The standard InChI is InChI=1S/C10H7BrF3N3S/c1-5-15-16-9(18)17(5)8-4-6(10(12,13)14)2-3-7(8)11/h2-4H,1H3,(H,16,18). The van der Waals surface area contributed by atoms with Crippen molar-refractivity contribution in [3.8, 4) is 5.69 Å². The Bertz CT molecular complexity index is 645. The molecule has 1 aromatic carbocycles. The minimum absolute atomic E-state index is 0.243. The van der Waals surface area contributed by atoms with Crippen LogP contribution in [0.3, 0.4) is 0 Å². The topological polar surface area (TPSA) is 33.6 Å². The molecule has 0 atom stereocenters. The Labute approximate surface area is 114 Å². The van der Waals surface area contributed by atoms with Crippen LogP contribution in [0.25, 0.3) is 5.69 Å². The van der Waals surface area contributed by atoms with Crippen molar-refractivity contribution in [3.05, 3.63) is 38.8 Å². The number of rotatable bonds is 1. The van der Waals surface area contributed by atoms with E-state index >= 15 is 0 Å². The first-order valence-corrected chi connectivity index (χ1v) is 6.02. The van der Waals surface area contributed by atoms with E-state index in [9.17, 15) is 13.2 Å². The Kier molecular flexibility index (Phi) is 3.33. The fourth-order valence-corrected chi connectivity index (χ4v) is 2.22. The number of halogens is 4. The third-order valence-corrected chi connectivity index (χ3v) is 3.30. The zero-order valence-corrected chi connectivity index (χ0v) is 11.4. The lowest BCUT2D eigenvalue weighted by atomic mass is 10.2. The third-order valence-electron chi connectivity index (χ3n) is 2.35. The SMILES string of the molecule is Cc1n[nH]c(=S)n1-c1cc(C(F)(F)F)ccc1Br. The second-order valence-corrected chi connectivity index (χ2v) is 4.82. The first-order chi connectivity index (χ1) is 8.30. The molecule has 1 heterocycles. The summed E-state index contributed by atoms with van der Waals surface area (Å²) in [5.74, 6) is 0.486. The van der Waals surface area contributed by atoms with E-state index in [4.69, 9.17) is 12.2 Å². The molecule has 0 bridgehead atoms. The highest BCUT2D eigenvalue weighted by atomic mass is 79.9. The fourth-order valence-electron chi connectivity index (χ4n) is 1.52. The second-order valence-electron chi connectivity index (χ2n) is 3.58. The average molecular weight is 338 g/mol. The fraction of sp³-hybridized carbons (Fsp3) is 0.200. The molecule has 0 unspecified atom stereocenters. The molecular weight excluding hydrogens is 331 g/mol. The lowest BCUT2D eigenvalue weighted by molar-refractivity contribution is -0.137. The van der Waals surface area contributed by atoms with E-state index in [0.717, 1.165) is 12.1 Å². The van der Waals surface area contributed by atoms with Gasteiger partial charge in [0.05, 0.1) is 11.3 Å². The Hall–Kier alpha value is -1.15. The van der Waals surface area contributed by atoms with E-state index in [1.165, 1.54) is 10.6 Å². The second kappa shape index (κ2) is 4.51. The van der Waals surface area contributed by atoms with Crippen molar-refractivity contribution in [2.24, 2.45) is 0 Å². The van der Waals surface area contributed by atoms with Crippen LogP contribution in [-0.2, 0) is 6.18 Å². The first-order valence-electron chi connectivity index (χ1n) is 4.82. The molecule has 0 spiro atoms. The molecule has 0 fully saturated rings. The number of hydrogen-bond donors (Lipinski definition) is 1. The number of nitrogens with zero attached hydrogens (tertiary/aromatic N) is 2. The van der Waals surface area contributed by atoms with Gasteiger partial charge in [-0.05, 0) is 53.3 Å². The molecule has 0 aliphatic carbocycles. The van der Waals surface area contributed by atoms with E-state index in [1.54, 1.807) is 6.92 Å². The Morgan fingerprint density at radius 3 is 2.56 bits per heavy atom. The number of H-pyrrole nitrogens is 1. The molecule has 0 radical (unpaired) electrons. The minimum Gasteiger partial charge on any atom is -0.271 e. The summed E-state index contributed by atoms with van der Waals surface area (Å²) in [6.07, 6.45) is -4.39. The largest absolute Gasteiger partial charge is 0.416 e. The molecule has 8 heteroatoms. The first kappa shape index (κ1) is 13.3. The zero-order valence-electron chi connectivity index (χ0n) is 9.05. The highest BCUT2D eigenvalue weighted by Crippen LogP contribution is 2.33. The van der Waals surface area contributed by atoms with Crippen LogP contribution in [0.4, 0.5) is 13.2 Å². The number of benzene rings is 1. The van der Waals surface area contributed by atoms with Crippen LogP contribution in [0, 0.1) is 11.7 Å². The molecule has 1 N–H and O–H groups in total. The van der Waals surface area contributed by atoms with E-state index in [2.05, 4.69) is 26.1 Å². The van der Waals surface area contributed by atoms with Crippen LogP contribution in [0.15, 0.2) is 22.7 Å². The summed E-state index contributed by atoms with van der Waals surface area (Å²) in [4.78, 5) is 0. The summed E-state index contributed by atoms with van der Waals surface area (Å²) >= 11 is 8.20. The molecule has 0 amide bonds. The van der Waals surface area contributed by atoms with Crippen LogP contribution >= 0.6 is 28.1 Å². The lowest BCUT2D eigenvalue weighted by Gasteiger charge is -2.11. The van der Waals surface area contributed by atoms with Crippen LogP contribution in [0.2, 0.25) is 0 Å². The number of aromatic amines is 1. The molecule has 18 heavy (non-hydrogen) atoms. The maximum absolute atomic E-state index is 12.7. The molecule has 2 aromatic rings. The molecule has 0 saturated carbocycles. The van der Waals surface area contributed by atoms with E-state index in [1.807, 2.05) is 0 Å². The highest BCUT2D eigenvalue weighted by Gasteiger charge is 2.31. The van der Waals surface area contributed by atoms with Crippen LogP contribution in [0.1, 0.15) is 11.4 Å². The normalized spacial score (nSPS) is 11.8. The maximum Gasteiger partial charge on any atom is 0.416 e. The zero-order chi connectivity index (χ0) is 13.5. The number of aryl methyl sites for hydroxylation is 1. The lowest BCUT2D eigenvalue weighted by Crippen LogP contribution is -2.07. The van der Waals surface area contributed by atoms with Gasteiger partial charge in [0.1, 0.15) is 5.82 Å². The summed E-state index contributed by atoms with van der Waals surface area (Å²) in [7, 11) is 0. The van der Waals surface area contributed by atoms with Gasteiger partial charge < -0.3 is 0 Å². The van der Waals surface area contributed by atoms with Gasteiger partial charge in [-0.15, -0.1) is 0 Å². The Balaban J connectivity index is 2.69. The van der Waals surface area contributed by atoms with Crippen LogP contribution in [-0.4, -0.2) is 14.8 Å². The molecule has 2 rings (SSSR count). The van der Waals surface area contributed by atoms with Gasteiger partial charge in [-0.1, -0.05) is 0 Å². The molecule has 0 aliphatic heterocycles. The van der Waals surface area contributed by atoms with Crippen molar-refractivity contribution >= 4 is 28.1 Å². The molecule has 1 aromatic heterocycles. The number of hydrogen-bond acceptors (Lipinski definition) is 2. The predicted molar refractivity (Wildman–Crippen MR) is 66.2 cm³/mol. The van der Waals surface area contributed by atoms with Crippen molar-refractivity contribution in [1.29, 1.82) is 0 Å². The van der Waals surface area contributed by atoms with Crippen molar-refractivity contribution in [3.63, 3.8) is 0 Å². The number of aromatic nitrogens is 3. The maximum atomic E-state index is 12.7. The van der Waals surface area contributed by atoms with Crippen LogP contribution < -0.4 is 0 Å². The molecule has 0 aliphatic rings. The number of alkyl halides is 3. The third kappa shape index (κ3) is 2.35. The summed E-state index contributed by atoms with van der Waals surface area (Å²) in [5, 5.41) is 6.40. The smallest absolute Gasteiger partial charge is 0.271 e. The monoisotopic (exact) mass is 337 g/mol. The average Bonchev–Trinajstić information content (AvgIpc) is 2.58. The highest BCUT2D eigenvalue weighted by molar-refractivity contribution is 9.10. The molecule has 96 valence electrons. The van der Waals surface area contributed by atoms with Crippen molar-refractivity contribution in [2.45, 2.75) is 13.1 Å². The van der Waals surface area contributed by atoms with Gasteiger partial charge in [-0.2, -0.15) is 18.3 Å². The predicted octanol–water partition coefficient (Wildman–Crippen LogP) is 4.02.